The van der Waals surface area contributed by atoms with Crippen molar-refractivity contribution in [2.24, 2.45) is 16.8 Å². The van der Waals surface area contributed by atoms with E-state index in [1.54, 1.807) is 0 Å². The maximum absolute atomic E-state index is 5.34. The topological polar surface area (TPSA) is 62.4 Å². The van der Waals surface area contributed by atoms with Gasteiger partial charge >= 0.3 is 0 Å². The SMILES string of the molecule is CSC(C)CNC(=NCC(C)C)NN. The molecular weight excluding hydrogens is 196 g/mol. The first-order valence-corrected chi connectivity index (χ1v) is 6.16. The summed E-state index contributed by atoms with van der Waals surface area (Å²) in [6, 6.07) is 0. The highest BCUT2D eigenvalue weighted by Gasteiger charge is 2.01. The Morgan fingerprint density at radius 3 is 2.50 bits per heavy atom. The van der Waals surface area contributed by atoms with Gasteiger partial charge in [-0.15, -0.1) is 0 Å². The Bertz CT molecular complexity index is 170. The van der Waals surface area contributed by atoms with Crippen molar-refractivity contribution in [3.05, 3.63) is 0 Å². The van der Waals surface area contributed by atoms with E-state index in [9.17, 15) is 0 Å². The zero-order valence-corrected chi connectivity index (χ0v) is 10.3. The van der Waals surface area contributed by atoms with Crippen LogP contribution in [0.4, 0.5) is 0 Å². The minimum Gasteiger partial charge on any atom is -0.354 e. The van der Waals surface area contributed by atoms with Crippen molar-refractivity contribution in [3.63, 3.8) is 0 Å². The van der Waals surface area contributed by atoms with Gasteiger partial charge in [0.25, 0.3) is 0 Å². The number of nitrogens with two attached hydrogens (primary N) is 1. The van der Waals surface area contributed by atoms with Gasteiger partial charge in [0, 0.05) is 18.3 Å². The molecule has 1 unspecified atom stereocenters. The summed E-state index contributed by atoms with van der Waals surface area (Å²) in [6.45, 7) is 8.08. The highest BCUT2D eigenvalue weighted by Crippen LogP contribution is 2.02. The number of hydrogen-bond donors (Lipinski definition) is 3. The second-order valence-corrected chi connectivity index (χ2v) is 4.93. The third kappa shape index (κ3) is 7.03. The lowest BCUT2D eigenvalue weighted by atomic mass is 10.2. The minimum atomic E-state index is 0.554. The Hall–Kier alpha value is -0.420. The molecule has 0 bridgehead atoms. The van der Waals surface area contributed by atoms with E-state index in [0.29, 0.717) is 17.1 Å². The molecule has 0 aromatic rings. The smallest absolute Gasteiger partial charge is 0.205 e. The summed E-state index contributed by atoms with van der Waals surface area (Å²) in [5.74, 6) is 6.57. The average molecular weight is 218 g/mol. The molecule has 84 valence electrons. The molecule has 0 saturated heterocycles. The van der Waals surface area contributed by atoms with E-state index in [-0.39, 0.29) is 0 Å². The lowest BCUT2D eigenvalue weighted by Crippen LogP contribution is -2.43. The number of aliphatic imine (C=N–C) groups is 1. The van der Waals surface area contributed by atoms with E-state index in [1.807, 2.05) is 11.8 Å². The first kappa shape index (κ1) is 13.6. The maximum atomic E-state index is 5.34. The number of nitrogens with one attached hydrogen (secondary N) is 2. The molecule has 0 aliphatic rings. The van der Waals surface area contributed by atoms with Crippen molar-refractivity contribution in [2.75, 3.05) is 19.3 Å². The molecule has 0 heterocycles. The second kappa shape index (κ2) is 7.94. The molecule has 0 amide bonds. The highest BCUT2D eigenvalue weighted by molar-refractivity contribution is 7.99. The van der Waals surface area contributed by atoms with Gasteiger partial charge in [0.2, 0.25) is 5.96 Å². The third-order valence-electron chi connectivity index (χ3n) is 1.71. The van der Waals surface area contributed by atoms with Crippen molar-refractivity contribution in [2.45, 2.75) is 26.0 Å². The molecule has 0 aliphatic carbocycles. The average Bonchev–Trinajstić information content (AvgIpc) is 2.17. The first-order chi connectivity index (χ1) is 6.60. The largest absolute Gasteiger partial charge is 0.354 e. The molecule has 14 heavy (non-hydrogen) atoms. The van der Waals surface area contributed by atoms with Crippen molar-refractivity contribution in [1.29, 1.82) is 0 Å². The normalized spacial score (nSPS) is 14.3. The summed E-state index contributed by atoms with van der Waals surface area (Å²) in [4.78, 5) is 4.31. The van der Waals surface area contributed by atoms with Gasteiger partial charge in [0.05, 0.1) is 0 Å². The second-order valence-electron chi connectivity index (χ2n) is 3.65. The van der Waals surface area contributed by atoms with Crippen molar-refractivity contribution < 1.29 is 0 Å². The monoisotopic (exact) mass is 218 g/mol. The molecule has 0 aliphatic heterocycles. The van der Waals surface area contributed by atoms with Crippen LogP contribution >= 0.6 is 11.8 Å². The van der Waals surface area contributed by atoms with Crippen molar-refractivity contribution >= 4 is 17.7 Å². The van der Waals surface area contributed by atoms with E-state index < -0.39 is 0 Å². The van der Waals surface area contributed by atoms with Gasteiger partial charge in [-0.3, -0.25) is 10.4 Å². The van der Waals surface area contributed by atoms with Crippen LogP contribution in [0.3, 0.4) is 0 Å². The molecule has 0 saturated carbocycles. The van der Waals surface area contributed by atoms with E-state index in [4.69, 9.17) is 5.84 Å². The molecule has 0 spiro atoms. The Balaban J connectivity index is 3.83. The number of rotatable bonds is 5. The van der Waals surface area contributed by atoms with Crippen LogP contribution in [0.1, 0.15) is 20.8 Å². The summed E-state index contributed by atoms with van der Waals surface area (Å²) in [5.41, 5.74) is 2.57. The van der Waals surface area contributed by atoms with E-state index in [2.05, 4.69) is 42.8 Å². The van der Waals surface area contributed by atoms with Crippen LogP contribution in [0.2, 0.25) is 0 Å². The van der Waals surface area contributed by atoms with E-state index >= 15 is 0 Å². The highest BCUT2D eigenvalue weighted by atomic mass is 32.2. The zero-order valence-electron chi connectivity index (χ0n) is 9.50. The standard InChI is InChI=1S/C9H22N4S/c1-7(2)5-11-9(13-10)12-6-8(3)14-4/h7-8H,5-6,10H2,1-4H3,(H2,11,12,13). The van der Waals surface area contributed by atoms with Crippen LogP contribution < -0.4 is 16.6 Å². The Morgan fingerprint density at radius 1 is 1.43 bits per heavy atom. The molecule has 1 atom stereocenters. The van der Waals surface area contributed by atoms with Gasteiger partial charge in [-0.25, -0.2) is 5.84 Å². The van der Waals surface area contributed by atoms with Crippen LogP contribution in [0.25, 0.3) is 0 Å². The number of guanidine groups is 1. The zero-order chi connectivity index (χ0) is 11.0. The summed E-state index contributed by atoms with van der Waals surface area (Å²) in [6.07, 6.45) is 2.09. The van der Waals surface area contributed by atoms with E-state index in [1.165, 1.54) is 0 Å². The molecule has 5 heteroatoms. The number of hydrazine groups is 1. The third-order valence-corrected chi connectivity index (χ3v) is 2.68. The van der Waals surface area contributed by atoms with Crippen LogP contribution in [-0.2, 0) is 0 Å². The molecule has 4 nitrogen and oxygen atoms in total. The van der Waals surface area contributed by atoms with Gasteiger partial charge in [-0.2, -0.15) is 11.8 Å². The van der Waals surface area contributed by atoms with Gasteiger partial charge in [0.15, 0.2) is 0 Å². The van der Waals surface area contributed by atoms with Crippen LogP contribution in [0.5, 0.6) is 0 Å². The summed E-state index contributed by atoms with van der Waals surface area (Å²) in [5, 5.41) is 3.73. The fraction of sp³-hybridized carbons (Fsp3) is 0.889. The van der Waals surface area contributed by atoms with E-state index in [0.717, 1.165) is 13.1 Å². The van der Waals surface area contributed by atoms with Crippen molar-refractivity contribution in [3.8, 4) is 0 Å². The van der Waals surface area contributed by atoms with Gasteiger partial charge in [-0.05, 0) is 12.2 Å². The number of thioether (sulfide) groups is 1. The first-order valence-electron chi connectivity index (χ1n) is 4.87. The predicted octanol–water partition coefficient (Wildman–Crippen LogP) is 0.803. The summed E-state index contributed by atoms with van der Waals surface area (Å²) < 4.78 is 0. The summed E-state index contributed by atoms with van der Waals surface area (Å²) in [7, 11) is 0. The van der Waals surface area contributed by atoms with Crippen LogP contribution in [0, 0.1) is 5.92 Å². The number of nitrogens with zero attached hydrogens (tertiary/aromatic N) is 1. The van der Waals surface area contributed by atoms with Crippen LogP contribution in [0.15, 0.2) is 4.99 Å². The quantitative estimate of drug-likeness (QED) is 0.276. The molecule has 0 fully saturated rings. The van der Waals surface area contributed by atoms with Gasteiger partial charge in [-0.1, -0.05) is 20.8 Å². The van der Waals surface area contributed by atoms with Crippen LogP contribution in [-0.4, -0.2) is 30.6 Å². The molecule has 0 radical (unpaired) electrons. The fourth-order valence-electron chi connectivity index (χ4n) is 0.750. The maximum Gasteiger partial charge on any atom is 0.205 e. The molecular formula is C9H22N4S. The minimum absolute atomic E-state index is 0.554. The lowest BCUT2D eigenvalue weighted by Gasteiger charge is -2.13. The Morgan fingerprint density at radius 2 is 2.07 bits per heavy atom. The Kier molecular flexibility index (Phi) is 7.70. The summed E-state index contributed by atoms with van der Waals surface area (Å²) >= 11 is 1.82. The molecule has 0 rings (SSSR count). The number of hydrogen-bond acceptors (Lipinski definition) is 3. The Labute approximate surface area is 91.1 Å². The predicted molar refractivity (Wildman–Crippen MR) is 65.4 cm³/mol. The fourth-order valence-corrected chi connectivity index (χ4v) is 1.00. The molecule has 4 N–H and O–H groups in total. The lowest BCUT2D eigenvalue weighted by molar-refractivity contribution is 0.656. The van der Waals surface area contributed by atoms with Gasteiger partial charge < -0.3 is 5.32 Å². The molecule has 0 aromatic carbocycles. The van der Waals surface area contributed by atoms with Crippen molar-refractivity contribution in [1.82, 2.24) is 10.7 Å². The van der Waals surface area contributed by atoms with Gasteiger partial charge in [0.1, 0.15) is 0 Å². The molecule has 0 aromatic heterocycles.